The van der Waals surface area contributed by atoms with Crippen LogP contribution in [0.4, 0.5) is 0 Å². The van der Waals surface area contributed by atoms with Crippen LogP contribution < -0.4 is 10.5 Å². The van der Waals surface area contributed by atoms with Crippen molar-refractivity contribution in [3.8, 4) is 11.6 Å². The second-order valence-corrected chi connectivity index (χ2v) is 4.60. The fourth-order valence-corrected chi connectivity index (χ4v) is 1.74. The summed E-state index contributed by atoms with van der Waals surface area (Å²) in [6.45, 7) is 5.93. The van der Waals surface area contributed by atoms with Crippen molar-refractivity contribution in [3.63, 3.8) is 0 Å². The number of nitrogens with one attached hydrogen (secondary N) is 1. The zero-order chi connectivity index (χ0) is 14.0. The summed E-state index contributed by atoms with van der Waals surface area (Å²) in [6.07, 6.45) is 0. The minimum Gasteiger partial charge on any atom is -0.439 e. The lowest BCUT2D eigenvalue weighted by Crippen LogP contribution is -2.11. The zero-order valence-corrected chi connectivity index (χ0v) is 11.3. The van der Waals surface area contributed by atoms with Gasteiger partial charge in [0.25, 0.3) is 0 Å². The Morgan fingerprint density at radius 3 is 2.47 bits per heavy atom. The van der Waals surface area contributed by atoms with Gasteiger partial charge in [0.15, 0.2) is 0 Å². The maximum absolute atomic E-state index is 7.47. The standard InChI is InChI=1S/C15H17N3O/c1-9-4-5-13(6-10(9)2)19-14-8-12(15(16)17)7-11(3)18-14/h4-8H,1-3H3,(H3,16,17). The number of nitrogen functional groups attached to an aromatic ring is 1. The monoisotopic (exact) mass is 255 g/mol. The van der Waals surface area contributed by atoms with Crippen LogP contribution in [0.1, 0.15) is 22.4 Å². The molecule has 98 valence electrons. The Morgan fingerprint density at radius 1 is 1.11 bits per heavy atom. The highest BCUT2D eigenvalue weighted by atomic mass is 16.5. The largest absolute Gasteiger partial charge is 0.439 e. The maximum Gasteiger partial charge on any atom is 0.220 e. The molecule has 2 aromatic rings. The molecule has 0 saturated carbocycles. The molecule has 0 aliphatic carbocycles. The third-order valence-electron chi connectivity index (χ3n) is 2.94. The van der Waals surface area contributed by atoms with Gasteiger partial charge in [-0.1, -0.05) is 6.07 Å². The number of nitrogens with two attached hydrogens (primary N) is 1. The molecular formula is C15H17N3O. The maximum atomic E-state index is 7.47. The first-order valence-electron chi connectivity index (χ1n) is 6.04. The topological polar surface area (TPSA) is 72.0 Å². The summed E-state index contributed by atoms with van der Waals surface area (Å²) in [7, 11) is 0. The summed E-state index contributed by atoms with van der Waals surface area (Å²) >= 11 is 0. The first-order valence-corrected chi connectivity index (χ1v) is 6.04. The summed E-state index contributed by atoms with van der Waals surface area (Å²) in [6, 6.07) is 9.30. The van der Waals surface area contributed by atoms with Crippen molar-refractivity contribution in [2.45, 2.75) is 20.8 Å². The second kappa shape index (κ2) is 5.10. The molecule has 0 saturated heterocycles. The summed E-state index contributed by atoms with van der Waals surface area (Å²) in [5.41, 5.74) is 9.26. The quantitative estimate of drug-likeness (QED) is 0.654. The average molecular weight is 255 g/mol. The van der Waals surface area contributed by atoms with E-state index in [9.17, 15) is 0 Å². The van der Waals surface area contributed by atoms with Gasteiger partial charge in [-0.2, -0.15) is 0 Å². The number of pyridine rings is 1. The molecule has 0 spiro atoms. The molecular weight excluding hydrogens is 238 g/mol. The van der Waals surface area contributed by atoms with E-state index in [1.807, 2.05) is 32.0 Å². The van der Waals surface area contributed by atoms with E-state index < -0.39 is 0 Å². The van der Waals surface area contributed by atoms with Crippen LogP contribution in [0, 0.1) is 26.2 Å². The minimum absolute atomic E-state index is 0.00966. The Labute approximate surface area is 112 Å². The summed E-state index contributed by atoms with van der Waals surface area (Å²) in [5.74, 6) is 1.19. The van der Waals surface area contributed by atoms with E-state index in [-0.39, 0.29) is 5.84 Å². The highest BCUT2D eigenvalue weighted by Crippen LogP contribution is 2.23. The Hall–Kier alpha value is -2.36. The van der Waals surface area contributed by atoms with Gasteiger partial charge < -0.3 is 10.5 Å². The van der Waals surface area contributed by atoms with Crippen LogP contribution in [0.5, 0.6) is 11.6 Å². The molecule has 0 aliphatic rings. The molecule has 19 heavy (non-hydrogen) atoms. The molecule has 0 amide bonds. The molecule has 4 nitrogen and oxygen atoms in total. The van der Waals surface area contributed by atoms with E-state index in [4.69, 9.17) is 15.9 Å². The summed E-state index contributed by atoms with van der Waals surface area (Å²) in [4.78, 5) is 4.29. The van der Waals surface area contributed by atoms with E-state index in [1.54, 1.807) is 12.1 Å². The van der Waals surface area contributed by atoms with Crippen molar-refractivity contribution in [2.24, 2.45) is 5.73 Å². The first kappa shape index (κ1) is 13.1. The molecule has 0 bridgehead atoms. The number of rotatable bonds is 3. The van der Waals surface area contributed by atoms with Crippen molar-refractivity contribution in [2.75, 3.05) is 0 Å². The van der Waals surface area contributed by atoms with Crippen LogP contribution >= 0.6 is 0 Å². The fourth-order valence-electron chi connectivity index (χ4n) is 1.74. The van der Waals surface area contributed by atoms with E-state index in [0.717, 1.165) is 17.0 Å². The molecule has 3 N–H and O–H groups in total. The van der Waals surface area contributed by atoms with Crippen LogP contribution in [0.3, 0.4) is 0 Å². The Bertz CT molecular complexity index is 635. The van der Waals surface area contributed by atoms with Crippen molar-refractivity contribution in [1.29, 1.82) is 5.41 Å². The van der Waals surface area contributed by atoms with Gasteiger partial charge in [0.1, 0.15) is 11.6 Å². The van der Waals surface area contributed by atoms with Gasteiger partial charge in [0, 0.05) is 17.3 Å². The van der Waals surface area contributed by atoms with Gasteiger partial charge in [-0.25, -0.2) is 4.98 Å². The van der Waals surface area contributed by atoms with Crippen molar-refractivity contribution in [1.82, 2.24) is 4.98 Å². The molecule has 0 atom stereocenters. The molecule has 0 fully saturated rings. The molecule has 2 rings (SSSR count). The predicted octanol–water partition coefficient (Wildman–Crippen LogP) is 3.08. The van der Waals surface area contributed by atoms with Crippen molar-refractivity contribution in [3.05, 3.63) is 52.7 Å². The number of hydrogen-bond acceptors (Lipinski definition) is 3. The second-order valence-electron chi connectivity index (χ2n) is 4.60. The third kappa shape index (κ3) is 3.10. The van der Waals surface area contributed by atoms with Crippen LogP contribution in [-0.4, -0.2) is 10.8 Å². The Kier molecular flexibility index (Phi) is 3.51. The van der Waals surface area contributed by atoms with Gasteiger partial charge >= 0.3 is 0 Å². The van der Waals surface area contributed by atoms with E-state index >= 15 is 0 Å². The number of hydrogen-bond donors (Lipinski definition) is 2. The van der Waals surface area contributed by atoms with Gasteiger partial charge in [-0.3, -0.25) is 5.41 Å². The van der Waals surface area contributed by atoms with Crippen molar-refractivity contribution >= 4 is 5.84 Å². The van der Waals surface area contributed by atoms with Crippen LogP contribution in [0.15, 0.2) is 30.3 Å². The lowest BCUT2D eigenvalue weighted by atomic mass is 10.1. The number of nitrogens with zero attached hydrogens (tertiary/aromatic N) is 1. The molecule has 1 heterocycles. The fraction of sp³-hybridized carbons (Fsp3) is 0.200. The molecule has 0 radical (unpaired) electrons. The molecule has 0 aliphatic heterocycles. The van der Waals surface area contributed by atoms with Crippen molar-refractivity contribution < 1.29 is 4.74 Å². The summed E-state index contributed by atoms with van der Waals surface area (Å²) < 4.78 is 5.72. The zero-order valence-electron chi connectivity index (χ0n) is 11.3. The van der Waals surface area contributed by atoms with Crippen LogP contribution in [-0.2, 0) is 0 Å². The highest BCUT2D eigenvalue weighted by molar-refractivity contribution is 5.95. The number of amidine groups is 1. The average Bonchev–Trinajstić information content (AvgIpc) is 2.33. The highest BCUT2D eigenvalue weighted by Gasteiger charge is 2.05. The molecule has 0 unspecified atom stereocenters. The molecule has 4 heteroatoms. The number of benzene rings is 1. The third-order valence-corrected chi connectivity index (χ3v) is 2.94. The first-order chi connectivity index (χ1) is 8.95. The smallest absolute Gasteiger partial charge is 0.220 e. The Morgan fingerprint density at radius 2 is 1.84 bits per heavy atom. The SMILES string of the molecule is Cc1cc(C(=N)N)cc(Oc2ccc(C)c(C)c2)n1. The minimum atomic E-state index is 0.00966. The van der Waals surface area contributed by atoms with Gasteiger partial charge in [-0.05, 0) is 50.1 Å². The van der Waals surface area contributed by atoms with Crippen LogP contribution in [0.2, 0.25) is 0 Å². The predicted molar refractivity (Wildman–Crippen MR) is 76.0 cm³/mol. The normalized spacial score (nSPS) is 10.3. The van der Waals surface area contributed by atoms with Gasteiger partial charge in [-0.15, -0.1) is 0 Å². The lowest BCUT2D eigenvalue weighted by Gasteiger charge is -2.09. The lowest BCUT2D eigenvalue weighted by molar-refractivity contribution is 0.461. The number of ether oxygens (including phenoxy) is 1. The van der Waals surface area contributed by atoms with Crippen LogP contribution in [0.25, 0.3) is 0 Å². The number of aromatic nitrogens is 1. The van der Waals surface area contributed by atoms with E-state index in [1.165, 1.54) is 5.56 Å². The van der Waals surface area contributed by atoms with Gasteiger partial charge in [0.05, 0.1) is 0 Å². The van der Waals surface area contributed by atoms with Gasteiger partial charge in [0.2, 0.25) is 5.88 Å². The Balaban J connectivity index is 2.32. The number of aryl methyl sites for hydroxylation is 3. The van der Waals surface area contributed by atoms with E-state index in [2.05, 4.69) is 11.9 Å². The van der Waals surface area contributed by atoms with E-state index in [0.29, 0.717) is 11.4 Å². The molecule has 1 aromatic heterocycles. The summed E-state index contributed by atoms with van der Waals surface area (Å²) in [5, 5.41) is 7.47. The molecule has 1 aromatic carbocycles.